The number of hydrogen-bond acceptors (Lipinski definition) is 1. The molecule has 0 spiro atoms. The van der Waals surface area contributed by atoms with Gasteiger partial charge in [-0.1, -0.05) is 28.1 Å². The molecular formula is C12H16BrN. The molecule has 0 aliphatic heterocycles. The van der Waals surface area contributed by atoms with Crippen LogP contribution in [-0.2, 0) is 6.42 Å². The summed E-state index contributed by atoms with van der Waals surface area (Å²) in [5.74, 6) is 1.73. The number of aryl methyl sites for hydroxylation is 1. The smallest absolute Gasteiger partial charge is 0.0175 e. The van der Waals surface area contributed by atoms with Crippen LogP contribution in [0.15, 0.2) is 28.7 Å². The SMILES string of the molecule is NCC1CC1CCc1ccc(Br)cc1. The van der Waals surface area contributed by atoms with Gasteiger partial charge < -0.3 is 5.73 Å². The van der Waals surface area contributed by atoms with Crippen molar-refractivity contribution in [2.24, 2.45) is 17.6 Å². The van der Waals surface area contributed by atoms with Crippen LogP contribution in [0.5, 0.6) is 0 Å². The van der Waals surface area contributed by atoms with Crippen molar-refractivity contribution in [3.8, 4) is 0 Å². The molecule has 2 unspecified atom stereocenters. The first-order valence-electron chi connectivity index (χ1n) is 5.24. The van der Waals surface area contributed by atoms with E-state index in [1.807, 2.05) is 0 Å². The molecule has 1 nitrogen and oxygen atoms in total. The molecule has 1 saturated carbocycles. The average molecular weight is 254 g/mol. The lowest BCUT2D eigenvalue weighted by Crippen LogP contribution is -2.02. The first-order chi connectivity index (χ1) is 6.79. The number of benzene rings is 1. The summed E-state index contributed by atoms with van der Waals surface area (Å²) in [5, 5.41) is 0. The van der Waals surface area contributed by atoms with Gasteiger partial charge in [0.25, 0.3) is 0 Å². The van der Waals surface area contributed by atoms with E-state index in [1.54, 1.807) is 0 Å². The van der Waals surface area contributed by atoms with Gasteiger partial charge in [-0.15, -0.1) is 0 Å². The summed E-state index contributed by atoms with van der Waals surface area (Å²) < 4.78 is 1.16. The van der Waals surface area contributed by atoms with Crippen molar-refractivity contribution < 1.29 is 0 Å². The van der Waals surface area contributed by atoms with Crippen molar-refractivity contribution in [3.63, 3.8) is 0 Å². The van der Waals surface area contributed by atoms with Crippen LogP contribution >= 0.6 is 15.9 Å². The molecule has 14 heavy (non-hydrogen) atoms. The molecule has 1 aromatic carbocycles. The second kappa shape index (κ2) is 4.45. The van der Waals surface area contributed by atoms with E-state index in [9.17, 15) is 0 Å². The molecule has 0 bridgehead atoms. The lowest BCUT2D eigenvalue weighted by molar-refractivity contribution is 0.649. The summed E-state index contributed by atoms with van der Waals surface area (Å²) in [6.07, 6.45) is 3.87. The van der Waals surface area contributed by atoms with Gasteiger partial charge >= 0.3 is 0 Å². The van der Waals surface area contributed by atoms with Gasteiger partial charge in [-0.05, 0) is 55.3 Å². The van der Waals surface area contributed by atoms with E-state index in [0.29, 0.717) is 0 Å². The van der Waals surface area contributed by atoms with Crippen LogP contribution in [0, 0.1) is 11.8 Å². The van der Waals surface area contributed by atoms with Crippen molar-refractivity contribution in [1.82, 2.24) is 0 Å². The summed E-state index contributed by atoms with van der Waals surface area (Å²) in [7, 11) is 0. The third-order valence-corrected chi connectivity index (χ3v) is 3.62. The Morgan fingerprint density at radius 1 is 1.21 bits per heavy atom. The van der Waals surface area contributed by atoms with Crippen molar-refractivity contribution in [2.45, 2.75) is 19.3 Å². The van der Waals surface area contributed by atoms with Gasteiger partial charge in [-0.3, -0.25) is 0 Å². The number of nitrogens with two attached hydrogens (primary N) is 1. The number of rotatable bonds is 4. The van der Waals surface area contributed by atoms with Gasteiger partial charge in [0.2, 0.25) is 0 Å². The topological polar surface area (TPSA) is 26.0 Å². The lowest BCUT2D eigenvalue weighted by atomic mass is 10.1. The number of halogens is 1. The lowest BCUT2D eigenvalue weighted by Gasteiger charge is -2.00. The van der Waals surface area contributed by atoms with Crippen LogP contribution in [-0.4, -0.2) is 6.54 Å². The fourth-order valence-electron chi connectivity index (χ4n) is 1.96. The highest BCUT2D eigenvalue weighted by Crippen LogP contribution is 2.40. The van der Waals surface area contributed by atoms with E-state index < -0.39 is 0 Å². The van der Waals surface area contributed by atoms with Crippen LogP contribution in [0.3, 0.4) is 0 Å². The van der Waals surface area contributed by atoms with E-state index in [4.69, 9.17) is 5.73 Å². The zero-order valence-electron chi connectivity index (χ0n) is 8.25. The Labute approximate surface area is 93.8 Å². The van der Waals surface area contributed by atoms with Gasteiger partial charge in [0.05, 0.1) is 0 Å². The fraction of sp³-hybridized carbons (Fsp3) is 0.500. The molecule has 0 amide bonds. The first-order valence-corrected chi connectivity index (χ1v) is 6.03. The van der Waals surface area contributed by atoms with Gasteiger partial charge in [0.15, 0.2) is 0 Å². The Morgan fingerprint density at radius 3 is 2.50 bits per heavy atom. The van der Waals surface area contributed by atoms with E-state index >= 15 is 0 Å². The van der Waals surface area contributed by atoms with E-state index in [1.165, 1.54) is 24.8 Å². The molecule has 0 heterocycles. The van der Waals surface area contributed by atoms with Gasteiger partial charge in [0.1, 0.15) is 0 Å². The minimum absolute atomic E-state index is 0.824. The molecule has 2 atom stereocenters. The highest BCUT2D eigenvalue weighted by atomic mass is 79.9. The molecule has 1 aliphatic carbocycles. The zero-order chi connectivity index (χ0) is 9.97. The maximum atomic E-state index is 5.61. The molecule has 1 fully saturated rings. The Hall–Kier alpha value is -0.340. The zero-order valence-corrected chi connectivity index (χ0v) is 9.83. The van der Waals surface area contributed by atoms with Crippen molar-refractivity contribution in [2.75, 3.05) is 6.54 Å². The van der Waals surface area contributed by atoms with Gasteiger partial charge in [-0.25, -0.2) is 0 Å². The minimum atomic E-state index is 0.824. The van der Waals surface area contributed by atoms with Gasteiger partial charge in [0, 0.05) is 4.47 Å². The van der Waals surface area contributed by atoms with Crippen molar-refractivity contribution >= 4 is 15.9 Å². The molecule has 0 saturated heterocycles. The number of hydrogen-bond donors (Lipinski definition) is 1. The Bertz CT molecular complexity index is 294. The Balaban J connectivity index is 1.78. The van der Waals surface area contributed by atoms with E-state index in [2.05, 4.69) is 40.2 Å². The molecule has 2 heteroatoms. The summed E-state index contributed by atoms with van der Waals surface area (Å²) in [6.45, 7) is 0.880. The van der Waals surface area contributed by atoms with Crippen LogP contribution in [0.4, 0.5) is 0 Å². The maximum absolute atomic E-state index is 5.61. The third-order valence-electron chi connectivity index (χ3n) is 3.09. The van der Waals surface area contributed by atoms with Crippen LogP contribution in [0.2, 0.25) is 0 Å². The average Bonchev–Trinajstić information content (AvgIpc) is 2.96. The van der Waals surface area contributed by atoms with E-state index in [-0.39, 0.29) is 0 Å². The molecular weight excluding hydrogens is 238 g/mol. The summed E-state index contributed by atoms with van der Waals surface area (Å²) in [5.41, 5.74) is 7.05. The third kappa shape index (κ3) is 2.58. The maximum Gasteiger partial charge on any atom is 0.0175 e. The molecule has 1 aromatic rings. The Morgan fingerprint density at radius 2 is 1.93 bits per heavy atom. The Kier molecular flexibility index (Phi) is 3.24. The second-order valence-corrected chi connectivity index (χ2v) is 5.07. The van der Waals surface area contributed by atoms with Gasteiger partial charge in [-0.2, -0.15) is 0 Å². The highest BCUT2D eigenvalue weighted by Gasteiger charge is 2.34. The molecule has 0 radical (unpaired) electrons. The predicted octanol–water partition coefficient (Wildman–Crippen LogP) is 2.98. The van der Waals surface area contributed by atoms with E-state index in [0.717, 1.165) is 22.9 Å². The largest absolute Gasteiger partial charge is 0.330 e. The molecule has 76 valence electrons. The molecule has 2 rings (SSSR count). The quantitative estimate of drug-likeness (QED) is 0.878. The normalized spacial score (nSPS) is 25.0. The van der Waals surface area contributed by atoms with Crippen LogP contribution in [0.1, 0.15) is 18.4 Å². The minimum Gasteiger partial charge on any atom is -0.330 e. The molecule has 2 N–H and O–H groups in total. The highest BCUT2D eigenvalue weighted by molar-refractivity contribution is 9.10. The predicted molar refractivity (Wildman–Crippen MR) is 63.1 cm³/mol. The van der Waals surface area contributed by atoms with Crippen molar-refractivity contribution in [1.29, 1.82) is 0 Å². The van der Waals surface area contributed by atoms with Crippen LogP contribution in [0.25, 0.3) is 0 Å². The first kappa shape index (κ1) is 10.2. The summed E-state index contributed by atoms with van der Waals surface area (Å²) >= 11 is 3.44. The molecule has 1 aliphatic rings. The summed E-state index contributed by atoms with van der Waals surface area (Å²) in [4.78, 5) is 0. The summed E-state index contributed by atoms with van der Waals surface area (Å²) in [6, 6.07) is 8.62. The fourth-order valence-corrected chi connectivity index (χ4v) is 2.22. The standard InChI is InChI=1S/C12H16BrN/c13-12-5-2-9(3-6-12)1-4-10-7-11(10)8-14/h2-3,5-6,10-11H,1,4,7-8,14H2. The monoisotopic (exact) mass is 253 g/mol. The van der Waals surface area contributed by atoms with Crippen molar-refractivity contribution in [3.05, 3.63) is 34.3 Å². The second-order valence-electron chi connectivity index (χ2n) is 4.16. The molecule has 0 aromatic heterocycles. The van der Waals surface area contributed by atoms with Crippen LogP contribution < -0.4 is 5.73 Å².